The van der Waals surface area contributed by atoms with E-state index in [1.807, 2.05) is 0 Å². The quantitative estimate of drug-likeness (QED) is 0.580. The second-order valence-electron chi connectivity index (χ2n) is 4.14. The third-order valence-corrected chi connectivity index (χ3v) is 2.98. The topological polar surface area (TPSA) is 39.2 Å². The number of esters is 1. The summed E-state index contributed by atoms with van der Waals surface area (Å²) >= 11 is 0. The standard InChI is InChI=1S/C12H14FNO2/c1-16-12(15)7-10(8-2-3-8)9-4-5-14-11(13)6-9/h4-6,8,10H,2-3,7H2,1H3/t10-/m0/s1. The van der Waals surface area contributed by atoms with Crippen molar-refractivity contribution in [3.05, 3.63) is 29.8 Å². The van der Waals surface area contributed by atoms with Gasteiger partial charge in [-0.25, -0.2) is 4.98 Å². The second-order valence-corrected chi connectivity index (χ2v) is 4.14. The lowest BCUT2D eigenvalue weighted by molar-refractivity contribution is -0.141. The first-order valence-corrected chi connectivity index (χ1v) is 5.39. The summed E-state index contributed by atoms with van der Waals surface area (Å²) in [5.74, 6) is -0.173. The molecule has 0 saturated heterocycles. The van der Waals surface area contributed by atoms with Gasteiger partial charge in [-0.1, -0.05) is 0 Å². The summed E-state index contributed by atoms with van der Waals surface area (Å²) < 4.78 is 17.7. The van der Waals surface area contributed by atoms with Gasteiger partial charge in [-0.2, -0.15) is 4.39 Å². The summed E-state index contributed by atoms with van der Waals surface area (Å²) in [6.45, 7) is 0. The highest BCUT2D eigenvalue weighted by atomic mass is 19.1. The van der Waals surface area contributed by atoms with E-state index in [0.717, 1.165) is 18.4 Å². The summed E-state index contributed by atoms with van der Waals surface area (Å²) in [6, 6.07) is 3.18. The fraction of sp³-hybridized carbons (Fsp3) is 0.500. The van der Waals surface area contributed by atoms with Crippen LogP contribution in [0.3, 0.4) is 0 Å². The number of hydrogen-bond acceptors (Lipinski definition) is 3. The lowest BCUT2D eigenvalue weighted by atomic mass is 9.92. The molecule has 0 bridgehead atoms. The molecule has 86 valence electrons. The maximum Gasteiger partial charge on any atom is 0.306 e. The molecule has 1 fully saturated rings. The maximum atomic E-state index is 13.0. The van der Waals surface area contributed by atoms with Crippen LogP contribution >= 0.6 is 0 Å². The summed E-state index contributed by atoms with van der Waals surface area (Å²) in [5.41, 5.74) is 0.848. The van der Waals surface area contributed by atoms with Crippen molar-refractivity contribution in [2.24, 2.45) is 5.92 Å². The van der Waals surface area contributed by atoms with Gasteiger partial charge >= 0.3 is 5.97 Å². The van der Waals surface area contributed by atoms with Gasteiger partial charge in [0, 0.05) is 6.20 Å². The van der Waals surface area contributed by atoms with Crippen LogP contribution < -0.4 is 0 Å². The third kappa shape index (κ3) is 2.56. The van der Waals surface area contributed by atoms with Crippen LogP contribution in [0.15, 0.2) is 18.3 Å². The molecule has 1 atom stereocenters. The van der Waals surface area contributed by atoms with Crippen LogP contribution in [-0.4, -0.2) is 18.1 Å². The molecule has 2 rings (SSSR count). The molecule has 1 aromatic heterocycles. The molecule has 16 heavy (non-hydrogen) atoms. The lowest BCUT2D eigenvalue weighted by Gasteiger charge is -2.14. The zero-order valence-electron chi connectivity index (χ0n) is 9.15. The van der Waals surface area contributed by atoms with E-state index in [4.69, 9.17) is 0 Å². The minimum absolute atomic E-state index is 0.0740. The Hall–Kier alpha value is -1.45. The minimum Gasteiger partial charge on any atom is -0.469 e. The van der Waals surface area contributed by atoms with Crippen molar-refractivity contribution in [1.82, 2.24) is 4.98 Å². The number of hydrogen-bond donors (Lipinski definition) is 0. The van der Waals surface area contributed by atoms with E-state index in [-0.39, 0.29) is 11.9 Å². The molecule has 0 aliphatic heterocycles. The molecule has 1 aromatic rings. The fourth-order valence-electron chi connectivity index (χ4n) is 1.97. The van der Waals surface area contributed by atoms with Crippen molar-refractivity contribution in [2.45, 2.75) is 25.2 Å². The van der Waals surface area contributed by atoms with Crippen molar-refractivity contribution in [3.63, 3.8) is 0 Å². The zero-order valence-corrected chi connectivity index (χ0v) is 9.15. The van der Waals surface area contributed by atoms with Crippen LogP contribution in [0.1, 0.15) is 30.7 Å². The number of carbonyl (C=O) groups excluding carboxylic acids is 1. The van der Waals surface area contributed by atoms with Gasteiger partial charge in [-0.3, -0.25) is 4.79 Å². The Labute approximate surface area is 93.6 Å². The van der Waals surface area contributed by atoms with Crippen molar-refractivity contribution in [2.75, 3.05) is 7.11 Å². The molecule has 4 heteroatoms. The minimum atomic E-state index is -0.493. The summed E-state index contributed by atoms with van der Waals surface area (Å²) in [6.07, 6.45) is 3.97. The van der Waals surface area contributed by atoms with Crippen molar-refractivity contribution >= 4 is 5.97 Å². The number of aromatic nitrogens is 1. The summed E-state index contributed by atoms with van der Waals surface area (Å²) in [4.78, 5) is 14.8. The Balaban J connectivity index is 2.15. The molecule has 3 nitrogen and oxygen atoms in total. The molecule has 0 radical (unpaired) electrons. The Morgan fingerprint density at radius 3 is 3.00 bits per heavy atom. The van der Waals surface area contributed by atoms with Crippen LogP contribution in [0, 0.1) is 11.9 Å². The predicted molar refractivity (Wildman–Crippen MR) is 56.3 cm³/mol. The van der Waals surface area contributed by atoms with Crippen molar-refractivity contribution in [1.29, 1.82) is 0 Å². The normalized spacial score (nSPS) is 16.9. The van der Waals surface area contributed by atoms with E-state index in [1.165, 1.54) is 19.4 Å². The SMILES string of the molecule is COC(=O)C[C@H](c1ccnc(F)c1)C1CC1. The van der Waals surface area contributed by atoms with Crippen LogP contribution in [0.2, 0.25) is 0 Å². The number of pyridine rings is 1. The number of carbonyl (C=O) groups is 1. The average Bonchev–Trinajstić information content (AvgIpc) is 3.09. The summed E-state index contributed by atoms with van der Waals surface area (Å²) in [7, 11) is 1.37. The van der Waals surface area contributed by atoms with Crippen molar-refractivity contribution < 1.29 is 13.9 Å². The fourth-order valence-corrected chi connectivity index (χ4v) is 1.97. The number of methoxy groups -OCH3 is 1. The number of ether oxygens (including phenoxy) is 1. The van der Waals surface area contributed by atoms with E-state index in [2.05, 4.69) is 9.72 Å². The Bertz CT molecular complexity index is 390. The largest absolute Gasteiger partial charge is 0.469 e. The van der Waals surface area contributed by atoms with E-state index in [9.17, 15) is 9.18 Å². The average molecular weight is 223 g/mol. The molecule has 1 heterocycles. The Morgan fingerprint density at radius 2 is 2.44 bits per heavy atom. The van der Waals surface area contributed by atoms with Crippen LogP contribution in [-0.2, 0) is 9.53 Å². The molecule has 1 aliphatic rings. The number of nitrogens with zero attached hydrogens (tertiary/aromatic N) is 1. The van der Waals surface area contributed by atoms with Gasteiger partial charge in [0.05, 0.1) is 13.5 Å². The van der Waals surface area contributed by atoms with Gasteiger partial charge in [-0.15, -0.1) is 0 Å². The van der Waals surface area contributed by atoms with Crippen molar-refractivity contribution in [3.8, 4) is 0 Å². The van der Waals surface area contributed by atoms with Crippen LogP contribution in [0.5, 0.6) is 0 Å². The van der Waals surface area contributed by atoms with Crippen LogP contribution in [0.4, 0.5) is 4.39 Å². The number of rotatable bonds is 4. The predicted octanol–water partition coefficient (Wildman–Crippen LogP) is 2.28. The summed E-state index contributed by atoms with van der Waals surface area (Å²) in [5, 5.41) is 0. The molecule has 0 aromatic carbocycles. The Kier molecular flexibility index (Phi) is 3.17. The van der Waals surface area contributed by atoms with E-state index >= 15 is 0 Å². The van der Waals surface area contributed by atoms with Gasteiger partial charge in [0.2, 0.25) is 5.95 Å². The monoisotopic (exact) mass is 223 g/mol. The molecular weight excluding hydrogens is 209 g/mol. The van der Waals surface area contributed by atoms with Gasteiger partial charge < -0.3 is 4.74 Å². The number of halogens is 1. The first-order chi connectivity index (χ1) is 7.70. The molecule has 0 N–H and O–H groups in total. The molecular formula is C12H14FNO2. The highest BCUT2D eigenvalue weighted by Gasteiger charge is 2.34. The van der Waals surface area contributed by atoms with E-state index < -0.39 is 5.95 Å². The zero-order chi connectivity index (χ0) is 11.5. The lowest BCUT2D eigenvalue weighted by Crippen LogP contribution is -2.10. The molecule has 1 saturated carbocycles. The van der Waals surface area contributed by atoms with Crippen LogP contribution in [0.25, 0.3) is 0 Å². The van der Waals surface area contributed by atoms with Gasteiger partial charge in [-0.05, 0) is 42.4 Å². The van der Waals surface area contributed by atoms with Gasteiger partial charge in [0.15, 0.2) is 0 Å². The highest BCUT2D eigenvalue weighted by Crippen LogP contribution is 2.44. The first kappa shape index (κ1) is 11.0. The smallest absolute Gasteiger partial charge is 0.306 e. The highest BCUT2D eigenvalue weighted by molar-refractivity contribution is 5.70. The first-order valence-electron chi connectivity index (χ1n) is 5.39. The third-order valence-electron chi connectivity index (χ3n) is 2.98. The molecule has 0 spiro atoms. The molecule has 0 amide bonds. The van der Waals surface area contributed by atoms with E-state index in [1.54, 1.807) is 6.07 Å². The van der Waals surface area contributed by atoms with E-state index in [0.29, 0.717) is 12.3 Å². The van der Waals surface area contributed by atoms with Gasteiger partial charge in [0.1, 0.15) is 0 Å². The van der Waals surface area contributed by atoms with Gasteiger partial charge in [0.25, 0.3) is 0 Å². The Morgan fingerprint density at radius 1 is 1.69 bits per heavy atom. The molecule has 0 unspecified atom stereocenters. The maximum absolute atomic E-state index is 13.0. The molecule has 1 aliphatic carbocycles. The second kappa shape index (κ2) is 4.60.